The summed E-state index contributed by atoms with van der Waals surface area (Å²) in [4.78, 5) is 14.8. The Balaban J connectivity index is 1.66. The van der Waals surface area contributed by atoms with Crippen LogP contribution < -0.4 is 9.04 Å². The standard InChI is InChI=1S/C26H28N2O5S2/c1-18(2)16-28(35(31,32)26-27-12-13-34-26)23-14-21-4-3-5-22(21)15-24(23)33-17-20-8-6-19(7-9-20)10-11-25(29)30/h6-15,18H,3-5,16-17H2,1-2H3,(H,29,30). The number of aryl methyl sites for hydroxylation is 2. The third kappa shape index (κ3) is 5.91. The molecule has 0 saturated heterocycles. The van der Waals surface area contributed by atoms with Gasteiger partial charge in [0.25, 0.3) is 10.0 Å². The zero-order chi connectivity index (χ0) is 25.0. The number of ether oxygens (including phenoxy) is 1. The van der Waals surface area contributed by atoms with Crippen molar-refractivity contribution in [1.29, 1.82) is 0 Å². The van der Waals surface area contributed by atoms with Gasteiger partial charge in [-0.25, -0.2) is 9.78 Å². The van der Waals surface area contributed by atoms with Crippen LogP contribution in [0.15, 0.2) is 58.4 Å². The number of fused-ring (bicyclic) bond motifs is 1. The van der Waals surface area contributed by atoms with Crippen LogP contribution in [0.3, 0.4) is 0 Å². The van der Waals surface area contributed by atoms with Gasteiger partial charge in [0.05, 0.1) is 5.69 Å². The fourth-order valence-corrected chi connectivity index (χ4v) is 6.60. The van der Waals surface area contributed by atoms with E-state index in [-0.39, 0.29) is 16.9 Å². The summed E-state index contributed by atoms with van der Waals surface area (Å²) in [5.74, 6) is -0.376. The van der Waals surface area contributed by atoms with Crippen molar-refractivity contribution in [2.45, 2.75) is 44.1 Å². The maximum absolute atomic E-state index is 13.6. The zero-order valence-corrected chi connectivity index (χ0v) is 21.3. The average molecular weight is 513 g/mol. The van der Waals surface area contributed by atoms with E-state index in [9.17, 15) is 13.2 Å². The summed E-state index contributed by atoms with van der Waals surface area (Å²) in [5, 5.41) is 10.5. The first-order valence-electron chi connectivity index (χ1n) is 11.4. The minimum Gasteiger partial charge on any atom is -0.487 e. The van der Waals surface area contributed by atoms with Gasteiger partial charge in [0.2, 0.25) is 4.34 Å². The molecule has 0 amide bonds. The number of carbonyl (C=O) groups is 1. The number of thiazole rings is 1. The van der Waals surface area contributed by atoms with E-state index in [2.05, 4.69) is 4.98 Å². The van der Waals surface area contributed by atoms with Crippen LogP contribution >= 0.6 is 11.3 Å². The Bertz CT molecular complexity index is 1310. The first-order valence-corrected chi connectivity index (χ1v) is 13.8. The molecule has 1 aliphatic carbocycles. The van der Waals surface area contributed by atoms with Gasteiger partial charge in [0.1, 0.15) is 12.4 Å². The van der Waals surface area contributed by atoms with Crippen molar-refractivity contribution in [2.75, 3.05) is 10.8 Å². The predicted molar refractivity (Wildman–Crippen MR) is 137 cm³/mol. The smallest absolute Gasteiger partial charge is 0.328 e. The average Bonchev–Trinajstić information content (AvgIpc) is 3.52. The number of carboxylic acid groups (broad SMARTS) is 1. The van der Waals surface area contributed by atoms with Crippen LogP contribution in [-0.2, 0) is 34.3 Å². The molecular formula is C26H28N2O5S2. The Morgan fingerprint density at radius 3 is 2.54 bits per heavy atom. The molecular weight excluding hydrogens is 484 g/mol. The van der Waals surface area contributed by atoms with Crippen molar-refractivity contribution < 1.29 is 23.1 Å². The predicted octanol–water partition coefficient (Wildman–Crippen LogP) is 5.16. The van der Waals surface area contributed by atoms with Gasteiger partial charge in [0, 0.05) is 24.2 Å². The van der Waals surface area contributed by atoms with Crippen LogP contribution in [0.4, 0.5) is 5.69 Å². The Kier molecular flexibility index (Phi) is 7.57. The normalized spacial score (nSPS) is 13.3. The third-order valence-electron chi connectivity index (χ3n) is 5.69. The van der Waals surface area contributed by atoms with Gasteiger partial charge < -0.3 is 9.84 Å². The molecule has 35 heavy (non-hydrogen) atoms. The number of sulfonamides is 1. The molecule has 1 aromatic heterocycles. The molecule has 1 N–H and O–H groups in total. The molecule has 0 atom stereocenters. The SMILES string of the molecule is CC(C)CN(c1cc2c(cc1OCc1ccc(C=CC(=O)O)cc1)CCC2)S(=O)(=O)c1nccs1. The number of hydrogen-bond donors (Lipinski definition) is 1. The highest BCUT2D eigenvalue weighted by Gasteiger charge is 2.31. The van der Waals surface area contributed by atoms with Crippen molar-refractivity contribution in [1.82, 2.24) is 4.98 Å². The fraction of sp³-hybridized carbons (Fsp3) is 0.308. The lowest BCUT2D eigenvalue weighted by atomic mass is 10.1. The molecule has 0 fully saturated rings. The molecule has 7 nitrogen and oxygen atoms in total. The van der Waals surface area contributed by atoms with Crippen molar-refractivity contribution >= 4 is 39.1 Å². The van der Waals surface area contributed by atoms with Crippen LogP contribution in [0.5, 0.6) is 5.75 Å². The summed E-state index contributed by atoms with van der Waals surface area (Å²) in [5.41, 5.74) is 4.55. The van der Waals surface area contributed by atoms with Crippen LogP contribution in [0.25, 0.3) is 6.08 Å². The van der Waals surface area contributed by atoms with Gasteiger partial charge in [-0.15, -0.1) is 11.3 Å². The molecule has 184 valence electrons. The second-order valence-electron chi connectivity index (χ2n) is 8.87. The molecule has 0 spiro atoms. The monoisotopic (exact) mass is 512 g/mol. The molecule has 0 unspecified atom stereocenters. The summed E-state index contributed by atoms with van der Waals surface area (Å²) in [6.45, 7) is 4.53. The van der Waals surface area contributed by atoms with E-state index in [0.29, 0.717) is 18.0 Å². The Labute approximate surface area is 209 Å². The minimum absolute atomic E-state index is 0.0644. The fourth-order valence-electron chi connectivity index (χ4n) is 4.04. The second-order valence-corrected chi connectivity index (χ2v) is 11.8. The first-order chi connectivity index (χ1) is 16.7. The largest absolute Gasteiger partial charge is 0.487 e. The van der Waals surface area contributed by atoms with Crippen molar-refractivity contribution in [3.05, 3.63) is 76.3 Å². The number of aromatic nitrogens is 1. The maximum atomic E-state index is 13.6. The highest BCUT2D eigenvalue weighted by Crippen LogP contribution is 2.39. The maximum Gasteiger partial charge on any atom is 0.328 e. The highest BCUT2D eigenvalue weighted by atomic mass is 32.2. The van der Waals surface area contributed by atoms with Crippen molar-refractivity contribution in [3.63, 3.8) is 0 Å². The quantitative estimate of drug-likeness (QED) is 0.377. The van der Waals surface area contributed by atoms with E-state index in [1.165, 1.54) is 22.1 Å². The van der Waals surface area contributed by atoms with Crippen LogP contribution in [-0.4, -0.2) is 31.0 Å². The van der Waals surface area contributed by atoms with Gasteiger partial charge in [-0.1, -0.05) is 38.1 Å². The number of nitrogens with zero attached hydrogens (tertiary/aromatic N) is 2. The number of hydrogen-bond acceptors (Lipinski definition) is 6. The summed E-state index contributed by atoms with van der Waals surface area (Å²) in [6.07, 6.45) is 7.02. The number of benzene rings is 2. The van der Waals surface area contributed by atoms with Gasteiger partial charge in [-0.3, -0.25) is 4.31 Å². The first kappa shape index (κ1) is 24.9. The molecule has 1 aliphatic rings. The zero-order valence-electron chi connectivity index (χ0n) is 19.7. The summed E-state index contributed by atoms with van der Waals surface area (Å²) in [7, 11) is -3.84. The van der Waals surface area contributed by atoms with E-state index in [1.807, 2.05) is 50.2 Å². The van der Waals surface area contributed by atoms with Crippen LogP contribution in [0.1, 0.15) is 42.5 Å². The van der Waals surface area contributed by atoms with Gasteiger partial charge in [-0.2, -0.15) is 8.42 Å². The van der Waals surface area contributed by atoms with Crippen molar-refractivity contribution in [3.8, 4) is 5.75 Å². The number of carboxylic acids is 1. The molecule has 0 aliphatic heterocycles. The van der Waals surface area contributed by atoms with Crippen molar-refractivity contribution in [2.24, 2.45) is 5.92 Å². The third-order valence-corrected chi connectivity index (χ3v) is 8.64. The van der Waals surface area contributed by atoms with E-state index in [0.717, 1.165) is 53.4 Å². The second kappa shape index (κ2) is 10.6. The minimum atomic E-state index is -3.84. The molecule has 0 bridgehead atoms. The molecule has 9 heteroatoms. The molecule has 3 aromatic rings. The number of anilines is 1. The van der Waals surface area contributed by atoms with Gasteiger partial charge in [-0.05, 0) is 65.6 Å². The molecule has 0 saturated carbocycles. The number of rotatable bonds is 10. The van der Waals surface area contributed by atoms with E-state index in [1.54, 1.807) is 5.38 Å². The van der Waals surface area contributed by atoms with E-state index >= 15 is 0 Å². The van der Waals surface area contributed by atoms with Crippen LogP contribution in [0.2, 0.25) is 0 Å². The molecule has 2 aromatic carbocycles. The number of aliphatic carboxylic acids is 1. The van der Waals surface area contributed by atoms with E-state index in [4.69, 9.17) is 9.84 Å². The summed E-state index contributed by atoms with van der Waals surface area (Å²) < 4.78 is 34.9. The lowest BCUT2D eigenvalue weighted by molar-refractivity contribution is -0.131. The van der Waals surface area contributed by atoms with Gasteiger partial charge >= 0.3 is 5.97 Å². The lowest BCUT2D eigenvalue weighted by Crippen LogP contribution is -2.34. The Morgan fingerprint density at radius 2 is 1.91 bits per heavy atom. The lowest BCUT2D eigenvalue weighted by Gasteiger charge is -2.27. The Hall–Kier alpha value is -3.17. The molecule has 1 heterocycles. The van der Waals surface area contributed by atoms with Gasteiger partial charge in [0.15, 0.2) is 0 Å². The highest BCUT2D eigenvalue weighted by molar-refractivity contribution is 7.94. The summed E-state index contributed by atoms with van der Waals surface area (Å²) in [6, 6.07) is 11.3. The van der Waals surface area contributed by atoms with Crippen LogP contribution in [0, 0.1) is 5.92 Å². The molecule has 4 rings (SSSR count). The Morgan fingerprint density at radius 1 is 1.20 bits per heavy atom. The molecule has 0 radical (unpaired) electrons. The van der Waals surface area contributed by atoms with E-state index < -0.39 is 16.0 Å². The summed E-state index contributed by atoms with van der Waals surface area (Å²) >= 11 is 1.10. The topological polar surface area (TPSA) is 96.8 Å².